The Labute approximate surface area is 115 Å². The van der Waals surface area contributed by atoms with Crippen molar-refractivity contribution in [3.8, 4) is 0 Å². The van der Waals surface area contributed by atoms with Gasteiger partial charge in [-0.1, -0.05) is 0 Å². The number of pyridine rings is 1. The van der Waals surface area contributed by atoms with Gasteiger partial charge in [-0.25, -0.2) is 0 Å². The van der Waals surface area contributed by atoms with Gasteiger partial charge in [0.2, 0.25) is 0 Å². The van der Waals surface area contributed by atoms with Crippen molar-refractivity contribution in [2.75, 3.05) is 27.2 Å². The fourth-order valence-corrected chi connectivity index (χ4v) is 2.79. The zero-order valence-corrected chi connectivity index (χ0v) is 12.5. The highest BCUT2D eigenvalue weighted by molar-refractivity contribution is 5.23. The minimum absolute atomic E-state index is 0.176. The van der Waals surface area contributed by atoms with E-state index in [9.17, 15) is 4.79 Å². The third kappa shape index (κ3) is 3.25. The van der Waals surface area contributed by atoms with Crippen LogP contribution in [0.25, 0.3) is 0 Å². The second-order valence-electron chi connectivity index (χ2n) is 5.90. The van der Waals surface area contributed by atoms with E-state index < -0.39 is 0 Å². The lowest BCUT2D eigenvalue weighted by Gasteiger charge is -2.36. The summed E-state index contributed by atoms with van der Waals surface area (Å²) in [6.07, 6.45) is 4.34. The normalized spacial score (nSPS) is 21.0. The van der Waals surface area contributed by atoms with Gasteiger partial charge in [-0.3, -0.25) is 9.69 Å². The smallest absolute Gasteiger partial charge is 0.187 e. The molecule has 0 aliphatic carbocycles. The van der Waals surface area contributed by atoms with E-state index in [2.05, 4.69) is 28.9 Å². The fraction of sp³-hybridized carbons (Fsp3) is 0.667. The molecular formula is C15H25N3O. The summed E-state index contributed by atoms with van der Waals surface area (Å²) in [5.74, 6) is 0. The zero-order chi connectivity index (χ0) is 14.0. The van der Waals surface area contributed by atoms with Crippen LogP contribution in [-0.4, -0.2) is 48.0 Å². The number of hydrogen-bond acceptors (Lipinski definition) is 3. The van der Waals surface area contributed by atoms with E-state index in [1.165, 1.54) is 12.8 Å². The molecule has 1 aliphatic rings. The maximum atomic E-state index is 12.0. The van der Waals surface area contributed by atoms with Crippen molar-refractivity contribution in [1.29, 1.82) is 0 Å². The average Bonchev–Trinajstić information content (AvgIpc) is 2.40. The molecule has 1 atom stereocenters. The molecule has 0 aromatic carbocycles. The number of aromatic amines is 1. The average molecular weight is 263 g/mol. The van der Waals surface area contributed by atoms with Gasteiger partial charge in [0, 0.05) is 42.1 Å². The van der Waals surface area contributed by atoms with Gasteiger partial charge in [0.15, 0.2) is 5.43 Å². The molecule has 2 heterocycles. The predicted octanol–water partition coefficient (Wildman–Crippen LogP) is 1.52. The molecule has 1 aliphatic heterocycles. The summed E-state index contributed by atoms with van der Waals surface area (Å²) >= 11 is 0. The molecule has 0 radical (unpaired) electrons. The topological polar surface area (TPSA) is 39.3 Å². The van der Waals surface area contributed by atoms with Crippen molar-refractivity contribution >= 4 is 0 Å². The molecule has 0 bridgehead atoms. The molecule has 1 aromatic heterocycles. The van der Waals surface area contributed by atoms with Crippen LogP contribution < -0.4 is 5.43 Å². The molecule has 4 nitrogen and oxygen atoms in total. The van der Waals surface area contributed by atoms with Gasteiger partial charge in [0.1, 0.15) is 0 Å². The van der Waals surface area contributed by atoms with Crippen LogP contribution in [0.4, 0.5) is 0 Å². The van der Waals surface area contributed by atoms with Crippen molar-refractivity contribution in [3.63, 3.8) is 0 Å². The number of hydrogen-bond donors (Lipinski definition) is 1. The first-order valence-electron chi connectivity index (χ1n) is 7.05. The zero-order valence-electron chi connectivity index (χ0n) is 12.5. The molecule has 0 spiro atoms. The summed E-state index contributed by atoms with van der Waals surface area (Å²) in [6, 6.07) is 0.631. The summed E-state index contributed by atoms with van der Waals surface area (Å²) in [5, 5.41) is 0. The number of aryl methyl sites for hydroxylation is 1. The molecule has 106 valence electrons. The Morgan fingerprint density at radius 3 is 2.84 bits per heavy atom. The molecule has 0 saturated carbocycles. The highest BCUT2D eigenvalue weighted by Gasteiger charge is 2.22. The molecule has 1 fully saturated rings. The minimum atomic E-state index is 0.176. The van der Waals surface area contributed by atoms with Gasteiger partial charge >= 0.3 is 0 Å². The Bertz CT molecular complexity index is 493. The summed E-state index contributed by atoms with van der Waals surface area (Å²) in [5.41, 5.74) is 2.91. The first-order chi connectivity index (χ1) is 8.99. The Balaban J connectivity index is 2.09. The molecule has 1 N–H and O–H groups in total. The van der Waals surface area contributed by atoms with E-state index in [1.54, 1.807) is 0 Å². The van der Waals surface area contributed by atoms with Crippen molar-refractivity contribution in [2.24, 2.45) is 0 Å². The Hall–Kier alpha value is -1.13. The van der Waals surface area contributed by atoms with Crippen molar-refractivity contribution < 1.29 is 0 Å². The van der Waals surface area contributed by atoms with Crippen LogP contribution in [0.2, 0.25) is 0 Å². The Morgan fingerprint density at radius 1 is 1.42 bits per heavy atom. The largest absolute Gasteiger partial charge is 0.363 e. The van der Waals surface area contributed by atoms with E-state index >= 15 is 0 Å². The molecule has 0 unspecified atom stereocenters. The number of H-pyrrole nitrogens is 1. The molecule has 0 amide bonds. The van der Waals surface area contributed by atoms with Gasteiger partial charge in [-0.15, -0.1) is 0 Å². The SMILES string of the molecule is Cc1c[nH]c(CN2CCC[C@@H](N(C)C)C2)c(C)c1=O. The van der Waals surface area contributed by atoms with Gasteiger partial charge in [-0.05, 0) is 47.3 Å². The minimum Gasteiger partial charge on any atom is -0.363 e. The van der Waals surface area contributed by atoms with Crippen LogP contribution in [0.15, 0.2) is 11.0 Å². The van der Waals surface area contributed by atoms with Crippen molar-refractivity contribution in [3.05, 3.63) is 33.2 Å². The third-order valence-electron chi connectivity index (χ3n) is 4.21. The predicted molar refractivity (Wildman–Crippen MR) is 78.5 cm³/mol. The number of likely N-dealkylation sites (N-methyl/N-ethyl adjacent to an activating group) is 1. The molecule has 2 rings (SSSR count). The highest BCUT2D eigenvalue weighted by Crippen LogP contribution is 2.16. The first-order valence-corrected chi connectivity index (χ1v) is 7.05. The number of nitrogens with one attached hydrogen (secondary N) is 1. The van der Waals surface area contributed by atoms with Crippen LogP contribution in [0, 0.1) is 13.8 Å². The van der Waals surface area contributed by atoms with Gasteiger partial charge in [-0.2, -0.15) is 0 Å². The number of aromatic nitrogens is 1. The number of likely N-dealkylation sites (tertiary alicyclic amines) is 1. The lowest BCUT2D eigenvalue weighted by molar-refractivity contribution is 0.126. The third-order valence-corrected chi connectivity index (χ3v) is 4.21. The van der Waals surface area contributed by atoms with E-state index in [4.69, 9.17) is 0 Å². The quantitative estimate of drug-likeness (QED) is 0.898. The van der Waals surface area contributed by atoms with Crippen molar-refractivity contribution in [2.45, 2.75) is 39.3 Å². The Kier molecular flexibility index (Phi) is 4.42. The van der Waals surface area contributed by atoms with E-state index in [0.717, 1.165) is 36.5 Å². The fourth-order valence-electron chi connectivity index (χ4n) is 2.79. The maximum absolute atomic E-state index is 12.0. The highest BCUT2D eigenvalue weighted by atomic mass is 16.1. The first kappa shape index (κ1) is 14.3. The number of nitrogens with zero attached hydrogens (tertiary/aromatic N) is 2. The number of piperidine rings is 1. The molecule has 1 aromatic rings. The van der Waals surface area contributed by atoms with Crippen LogP contribution >= 0.6 is 0 Å². The summed E-state index contributed by atoms with van der Waals surface area (Å²) in [6.45, 7) is 6.85. The second-order valence-corrected chi connectivity index (χ2v) is 5.90. The van der Waals surface area contributed by atoms with E-state index in [-0.39, 0.29) is 5.43 Å². The van der Waals surface area contributed by atoms with Gasteiger partial charge in [0.05, 0.1) is 0 Å². The lowest BCUT2D eigenvalue weighted by Crippen LogP contribution is -2.44. The number of rotatable bonds is 3. The summed E-state index contributed by atoms with van der Waals surface area (Å²) in [7, 11) is 4.29. The molecule has 19 heavy (non-hydrogen) atoms. The Morgan fingerprint density at radius 2 is 2.16 bits per heavy atom. The second kappa shape index (κ2) is 5.88. The molecule has 1 saturated heterocycles. The van der Waals surface area contributed by atoms with Crippen LogP contribution in [0.1, 0.15) is 29.7 Å². The van der Waals surface area contributed by atoms with Crippen molar-refractivity contribution in [1.82, 2.24) is 14.8 Å². The monoisotopic (exact) mass is 263 g/mol. The van der Waals surface area contributed by atoms with E-state index in [0.29, 0.717) is 6.04 Å². The van der Waals surface area contributed by atoms with Crippen LogP contribution in [0.3, 0.4) is 0 Å². The van der Waals surface area contributed by atoms with Gasteiger partial charge in [0.25, 0.3) is 0 Å². The summed E-state index contributed by atoms with van der Waals surface area (Å²) < 4.78 is 0. The van der Waals surface area contributed by atoms with Crippen LogP contribution in [0.5, 0.6) is 0 Å². The standard InChI is InChI=1S/C15H25N3O/c1-11-8-16-14(12(2)15(11)19)10-18-7-5-6-13(9-18)17(3)4/h8,13H,5-7,9-10H2,1-4H3,(H,16,19)/t13-/m1/s1. The summed E-state index contributed by atoms with van der Waals surface area (Å²) in [4.78, 5) is 20.0. The van der Waals surface area contributed by atoms with E-state index in [1.807, 2.05) is 20.0 Å². The lowest BCUT2D eigenvalue weighted by atomic mass is 10.0. The van der Waals surface area contributed by atoms with Gasteiger partial charge < -0.3 is 9.88 Å². The molecule has 4 heteroatoms. The molecular weight excluding hydrogens is 238 g/mol. The maximum Gasteiger partial charge on any atom is 0.187 e. The van der Waals surface area contributed by atoms with Crippen LogP contribution in [-0.2, 0) is 6.54 Å².